The van der Waals surface area contributed by atoms with E-state index < -0.39 is 0 Å². The largest absolute Gasteiger partial charge is 0.357 e. The van der Waals surface area contributed by atoms with E-state index >= 15 is 0 Å². The van der Waals surface area contributed by atoms with Gasteiger partial charge in [0.1, 0.15) is 0 Å². The first-order chi connectivity index (χ1) is 11.2. The Hall–Kier alpha value is -1.88. The van der Waals surface area contributed by atoms with E-state index in [0.717, 1.165) is 49.1 Å². The Morgan fingerprint density at radius 1 is 1.13 bits per heavy atom. The molecule has 0 amide bonds. The molecule has 124 valence electrons. The highest BCUT2D eigenvalue weighted by Gasteiger charge is 2.00. The van der Waals surface area contributed by atoms with E-state index in [1.807, 2.05) is 6.92 Å². The summed E-state index contributed by atoms with van der Waals surface area (Å²) in [4.78, 5) is 9.09. The number of nitrogens with one attached hydrogen (secondary N) is 2. The highest BCUT2D eigenvalue weighted by molar-refractivity contribution is 7.09. The molecule has 0 bridgehead atoms. The van der Waals surface area contributed by atoms with Crippen molar-refractivity contribution in [2.75, 3.05) is 19.6 Å². The number of thiazole rings is 1. The molecule has 1 aromatic heterocycles. The van der Waals surface area contributed by atoms with Crippen LogP contribution in [-0.4, -0.2) is 30.6 Å². The van der Waals surface area contributed by atoms with Crippen LogP contribution < -0.4 is 10.6 Å². The van der Waals surface area contributed by atoms with Crippen molar-refractivity contribution in [3.8, 4) is 0 Å². The van der Waals surface area contributed by atoms with Gasteiger partial charge in [0.15, 0.2) is 5.96 Å². The van der Waals surface area contributed by atoms with Gasteiger partial charge in [-0.15, -0.1) is 11.3 Å². The van der Waals surface area contributed by atoms with E-state index in [-0.39, 0.29) is 0 Å². The second-order valence-electron chi connectivity index (χ2n) is 5.53. The maximum absolute atomic E-state index is 4.62. The SMILES string of the molecule is CCNC(=NCCc1csc(C)n1)NCCc1ccc(C)cc1. The minimum Gasteiger partial charge on any atom is -0.357 e. The molecule has 0 saturated carbocycles. The number of rotatable bonds is 7. The van der Waals surface area contributed by atoms with Gasteiger partial charge in [-0.05, 0) is 32.8 Å². The second kappa shape index (κ2) is 9.30. The lowest BCUT2D eigenvalue weighted by atomic mass is 10.1. The average molecular weight is 331 g/mol. The van der Waals surface area contributed by atoms with Crippen LogP contribution in [0.1, 0.15) is 28.8 Å². The Kier molecular flexibility index (Phi) is 7.07. The molecule has 0 atom stereocenters. The number of aryl methyl sites for hydroxylation is 2. The van der Waals surface area contributed by atoms with Crippen molar-refractivity contribution in [3.63, 3.8) is 0 Å². The first-order valence-corrected chi connectivity index (χ1v) is 9.04. The molecule has 0 unspecified atom stereocenters. The molecule has 2 rings (SSSR count). The van der Waals surface area contributed by atoms with Crippen LogP contribution >= 0.6 is 11.3 Å². The fraction of sp³-hybridized carbons (Fsp3) is 0.444. The Morgan fingerprint density at radius 2 is 1.91 bits per heavy atom. The van der Waals surface area contributed by atoms with Crippen molar-refractivity contribution in [2.24, 2.45) is 4.99 Å². The molecule has 0 aliphatic carbocycles. The van der Waals surface area contributed by atoms with Gasteiger partial charge in [0.05, 0.1) is 10.7 Å². The van der Waals surface area contributed by atoms with Crippen molar-refractivity contribution in [1.29, 1.82) is 0 Å². The van der Waals surface area contributed by atoms with Crippen LogP contribution in [0.15, 0.2) is 34.6 Å². The van der Waals surface area contributed by atoms with Gasteiger partial charge >= 0.3 is 0 Å². The highest BCUT2D eigenvalue weighted by Crippen LogP contribution is 2.08. The average Bonchev–Trinajstić information content (AvgIpc) is 2.95. The number of aromatic nitrogens is 1. The molecule has 2 N–H and O–H groups in total. The molecular weight excluding hydrogens is 304 g/mol. The molecule has 2 aromatic rings. The molecule has 0 aliphatic heterocycles. The summed E-state index contributed by atoms with van der Waals surface area (Å²) in [6.07, 6.45) is 1.88. The number of nitrogens with zero attached hydrogens (tertiary/aromatic N) is 2. The lowest BCUT2D eigenvalue weighted by Crippen LogP contribution is -2.38. The fourth-order valence-corrected chi connectivity index (χ4v) is 2.87. The van der Waals surface area contributed by atoms with E-state index in [9.17, 15) is 0 Å². The minimum atomic E-state index is 0.753. The third-order valence-corrected chi connectivity index (χ3v) is 4.30. The lowest BCUT2D eigenvalue weighted by Gasteiger charge is -2.11. The molecule has 23 heavy (non-hydrogen) atoms. The summed E-state index contributed by atoms with van der Waals surface area (Å²) in [6.45, 7) is 8.73. The summed E-state index contributed by atoms with van der Waals surface area (Å²) in [5.74, 6) is 0.881. The van der Waals surface area contributed by atoms with E-state index in [2.05, 4.69) is 64.1 Å². The predicted molar refractivity (Wildman–Crippen MR) is 99.4 cm³/mol. The van der Waals surface area contributed by atoms with Gasteiger partial charge in [-0.2, -0.15) is 0 Å². The summed E-state index contributed by atoms with van der Waals surface area (Å²) >= 11 is 1.70. The van der Waals surface area contributed by atoms with Gasteiger partial charge in [0, 0.05) is 31.4 Å². The van der Waals surface area contributed by atoms with E-state index in [1.54, 1.807) is 11.3 Å². The molecule has 1 aromatic carbocycles. The Labute approximate surface area is 143 Å². The van der Waals surface area contributed by atoms with Crippen molar-refractivity contribution in [1.82, 2.24) is 15.6 Å². The molecule has 5 heteroatoms. The zero-order valence-corrected chi connectivity index (χ0v) is 15.0. The van der Waals surface area contributed by atoms with Crippen LogP contribution in [0.25, 0.3) is 0 Å². The molecule has 0 fully saturated rings. The minimum absolute atomic E-state index is 0.753. The van der Waals surface area contributed by atoms with Crippen LogP contribution in [0.5, 0.6) is 0 Å². The molecule has 0 aliphatic rings. The maximum Gasteiger partial charge on any atom is 0.191 e. The van der Waals surface area contributed by atoms with Gasteiger partial charge in [-0.1, -0.05) is 29.8 Å². The Morgan fingerprint density at radius 3 is 2.57 bits per heavy atom. The normalized spacial score (nSPS) is 11.5. The summed E-state index contributed by atoms with van der Waals surface area (Å²) in [7, 11) is 0. The lowest BCUT2D eigenvalue weighted by molar-refractivity contribution is 0.794. The molecule has 0 radical (unpaired) electrons. The van der Waals surface area contributed by atoms with Gasteiger partial charge in [-0.3, -0.25) is 4.99 Å². The molecule has 0 spiro atoms. The monoisotopic (exact) mass is 330 g/mol. The first-order valence-electron chi connectivity index (χ1n) is 8.16. The van der Waals surface area contributed by atoms with Crippen LogP contribution in [0.4, 0.5) is 0 Å². The zero-order valence-electron chi connectivity index (χ0n) is 14.2. The zero-order chi connectivity index (χ0) is 16.5. The van der Waals surface area contributed by atoms with E-state index in [0.29, 0.717) is 0 Å². The first kappa shape index (κ1) is 17.5. The third-order valence-electron chi connectivity index (χ3n) is 3.48. The Balaban J connectivity index is 1.77. The second-order valence-corrected chi connectivity index (χ2v) is 6.59. The summed E-state index contributed by atoms with van der Waals surface area (Å²) in [6, 6.07) is 8.69. The fourth-order valence-electron chi connectivity index (χ4n) is 2.23. The van der Waals surface area contributed by atoms with Crippen LogP contribution in [-0.2, 0) is 12.8 Å². The van der Waals surface area contributed by atoms with Crippen molar-refractivity contribution in [2.45, 2.75) is 33.6 Å². The maximum atomic E-state index is 4.62. The van der Waals surface area contributed by atoms with Crippen molar-refractivity contribution >= 4 is 17.3 Å². The summed E-state index contributed by atoms with van der Waals surface area (Å²) in [5, 5.41) is 9.92. The summed E-state index contributed by atoms with van der Waals surface area (Å²) < 4.78 is 0. The molecule has 0 saturated heterocycles. The number of aliphatic imine (C=N–C) groups is 1. The standard InChI is InChI=1S/C18H26N4S/c1-4-19-18(21-12-10-17-13-23-15(3)22-17)20-11-9-16-7-5-14(2)6-8-16/h5-8,13H,4,9-12H2,1-3H3,(H2,19,20,21). The Bertz CT molecular complexity index is 616. The number of guanidine groups is 1. The predicted octanol–water partition coefficient (Wildman–Crippen LogP) is 3.10. The number of benzene rings is 1. The van der Waals surface area contributed by atoms with Gasteiger partial charge in [-0.25, -0.2) is 4.98 Å². The smallest absolute Gasteiger partial charge is 0.191 e. The van der Waals surface area contributed by atoms with Gasteiger partial charge < -0.3 is 10.6 Å². The van der Waals surface area contributed by atoms with E-state index in [1.165, 1.54) is 11.1 Å². The number of hydrogen-bond donors (Lipinski definition) is 2. The molecule has 4 nitrogen and oxygen atoms in total. The van der Waals surface area contributed by atoms with Crippen molar-refractivity contribution in [3.05, 3.63) is 51.5 Å². The number of hydrogen-bond acceptors (Lipinski definition) is 3. The van der Waals surface area contributed by atoms with Crippen LogP contribution in [0.2, 0.25) is 0 Å². The van der Waals surface area contributed by atoms with E-state index in [4.69, 9.17) is 0 Å². The third kappa shape index (κ3) is 6.40. The van der Waals surface area contributed by atoms with Gasteiger partial charge in [0.2, 0.25) is 0 Å². The van der Waals surface area contributed by atoms with Crippen molar-refractivity contribution < 1.29 is 0 Å². The highest BCUT2D eigenvalue weighted by atomic mass is 32.1. The quantitative estimate of drug-likeness (QED) is 0.606. The van der Waals surface area contributed by atoms with Gasteiger partial charge in [0.25, 0.3) is 0 Å². The molecular formula is C18H26N4S. The van der Waals surface area contributed by atoms with Crippen LogP contribution in [0, 0.1) is 13.8 Å². The van der Waals surface area contributed by atoms with Crippen LogP contribution in [0.3, 0.4) is 0 Å². The topological polar surface area (TPSA) is 49.3 Å². The molecule has 1 heterocycles. The summed E-state index contributed by atoms with van der Waals surface area (Å²) in [5.41, 5.74) is 3.78.